The van der Waals surface area contributed by atoms with Crippen molar-refractivity contribution in [3.8, 4) is 17.2 Å². The van der Waals surface area contributed by atoms with Crippen molar-refractivity contribution in [1.82, 2.24) is 4.31 Å². The number of nitrogens with zero attached hydrogens (tertiary/aromatic N) is 3. The highest BCUT2D eigenvalue weighted by Gasteiger charge is 2.40. The first-order valence-corrected chi connectivity index (χ1v) is 12.9. The normalized spacial score (nSPS) is 16.5. The van der Waals surface area contributed by atoms with Gasteiger partial charge in [0.05, 0.1) is 29.1 Å². The van der Waals surface area contributed by atoms with Gasteiger partial charge in [0.1, 0.15) is 0 Å². The molecule has 1 heterocycles. The zero-order valence-electron chi connectivity index (χ0n) is 19.4. The standard InChI is InChI=1S/C29H23N3O3S/c30-19-22-9-7-10-23(17-22)24-11-8-12-25(18-24)28-20-31(36(34,35)27-15-5-2-6-16-27)21-29(33)32(28)26-13-3-1-4-14-26/h1-18,28H,20-21H2. The molecule has 0 bridgehead atoms. The summed E-state index contributed by atoms with van der Waals surface area (Å²) in [6, 6.07) is 34.1. The smallest absolute Gasteiger partial charge is 0.243 e. The van der Waals surface area contributed by atoms with Crippen LogP contribution in [0.1, 0.15) is 17.2 Å². The topological polar surface area (TPSA) is 81.5 Å². The highest BCUT2D eigenvalue weighted by molar-refractivity contribution is 7.89. The first kappa shape index (κ1) is 23.5. The number of sulfonamides is 1. The Morgan fingerprint density at radius 3 is 2.11 bits per heavy atom. The van der Waals surface area contributed by atoms with Crippen LogP contribution in [0, 0.1) is 11.3 Å². The van der Waals surface area contributed by atoms with Gasteiger partial charge in [-0.3, -0.25) is 4.79 Å². The Balaban J connectivity index is 1.58. The summed E-state index contributed by atoms with van der Waals surface area (Å²) in [6.07, 6.45) is 0. The van der Waals surface area contributed by atoms with Gasteiger partial charge in [-0.15, -0.1) is 0 Å². The van der Waals surface area contributed by atoms with Crippen molar-refractivity contribution in [2.75, 3.05) is 18.0 Å². The summed E-state index contributed by atoms with van der Waals surface area (Å²) >= 11 is 0. The largest absolute Gasteiger partial charge is 0.302 e. The van der Waals surface area contributed by atoms with E-state index in [2.05, 4.69) is 6.07 Å². The van der Waals surface area contributed by atoms with E-state index in [0.717, 1.165) is 16.7 Å². The Bertz CT molecular complexity index is 1550. The molecule has 1 atom stereocenters. The molecule has 36 heavy (non-hydrogen) atoms. The fourth-order valence-electron chi connectivity index (χ4n) is 4.53. The molecule has 1 saturated heterocycles. The highest BCUT2D eigenvalue weighted by Crippen LogP contribution is 2.35. The number of piperazine rings is 1. The predicted molar refractivity (Wildman–Crippen MR) is 138 cm³/mol. The van der Waals surface area contributed by atoms with Gasteiger partial charge in [0.25, 0.3) is 0 Å². The molecule has 1 amide bonds. The van der Waals surface area contributed by atoms with Gasteiger partial charge in [-0.2, -0.15) is 9.57 Å². The maximum absolute atomic E-state index is 13.5. The third-order valence-electron chi connectivity index (χ3n) is 6.28. The maximum atomic E-state index is 13.5. The van der Waals surface area contributed by atoms with Crippen LogP contribution in [-0.2, 0) is 14.8 Å². The minimum absolute atomic E-state index is 0.111. The van der Waals surface area contributed by atoms with E-state index in [1.54, 1.807) is 41.3 Å². The zero-order chi connectivity index (χ0) is 25.1. The molecule has 0 N–H and O–H groups in total. The van der Waals surface area contributed by atoms with E-state index in [0.29, 0.717) is 11.3 Å². The molecule has 0 aromatic heterocycles. The minimum Gasteiger partial charge on any atom is -0.302 e. The Morgan fingerprint density at radius 1 is 0.778 bits per heavy atom. The van der Waals surface area contributed by atoms with Crippen LogP contribution in [0.4, 0.5) is 5.69 Å². The average molecular weight is 494 g/mol. The second-order valence-corrected chi connectivity index (χ2v) is 10.5. The summed E-state index contributed by atoms with van der Waals surface area (Å²) in [5, 5.41) is 9.30. The Morgan fingerprint density at radius 2 is 1.42 bits per heavy atom. The number of rotatable bonds is 5. The van der Waals surface area contributed by atoms with Gasteiger partial charge in [-0.05, 0) is 59.2 Å². The van der Waals surface area contributed by atoms with E-state index in [1.165, 1.54) is 4.31 Å². The number of anilines is 1. The van der Waals surface area contributed by atoms with E-state index in [4.69, 9.17) is 0 Å². The van der Waals surface area contributed by atoms with Crippen LogP contribution in [0.3, 0.4) is 0 Å². The Labute approximate surface area is 210 Å². The molecule has 0 aliphatic carbocycles. The number of nitriles is 1. The van der Waals surface area contributed by atoms with E-state index >= 15 is 0 Å². The lowest BCUT2D eigenvalue weighted by Gasteiger charge is -2.40. The number of amides is 1. The van der Waals surface area contributed by atoms with E-state index in [9.17, 15) is 18.5 Å². The minimum atomic E-state index is -3.86. The molecule has 0 radical (unpaired) electrons. The molecule has 4 aromatic carbocycles. The summed E-state index contributed by atoms with van der Waals surface area (Å²) in [5.74, 6) is -0.297. The fraction of sp³-hybridized carbons (Fsp3) is 0.103. The number of carbonyl (C=O) groups excluding carboxylic acids is 1. The van der Waals surface area contributed by atoms with E-state index < -0.39 is 16.1 Å². The fourth-order valence-corrected chi connectivity index (χ4v) is 5.94. The van der Waals surface area contributed by atoms with Gasteiger partial charge < -0.3 is 4.90 Å². The Kier molecular flexibility index (Phi) is 6.38. The van der Waals surface area contributed by atoms with Crippen molar-refractivity contribution in [3.05, 3.63) is 120 Å². The van der Waals surface area contributed by atoms with Crippen LogP contribution < -0.4 is 4.90 Å². The van der Waals surface area contributed by atoms with Gasteiger partial charge >= 0.3 is 0 Å². The second-order valence-electron chi connectivity index (χ2n) is 8.54. The molecule has 4 aromatic rings. The molecule has 0 spiro atoms. The number of carbonyl (C=O) groups is 1. The number of benzene rings is 4. The van der Waals surface area contributed by atoms with Crippen molar-refractivity contribution >= 4 is 21.6 Å². The van der Waals surface area contributed by atoms with Gasteiger partial charge in [0.2, 0.25) is 15.9 Å². The van der Waals surface area contributed by atoms with Crippen LogP contribution in [0.25, 0.3) is 11.1 Å². The van der Waals surface area contributed by atoms with E-state index in [1.807, 2.05) is 72.8 Å². The summed E-state index contributed by atoms with van der Waals surface area (Å²) in [6.45, 7) is -0.133. The summed E-state index contributed by atoms with van der Waals surface area (Å²) in [4.78, 5) is 15.3. The highest BCUT2D eigenvalue weighted by atomic mass is 32.2. The van der Waals surface area contributed by atoms with Crippen molar-refractivity contribution in [1.29, 1.82) is 5.26 Å². The van der Waals surface area contributed by atoms with Crippen LogP contribution in [0.5, 0.6) is 0 Å². The first-order valence-electron chi connectivity index (χ1n) is 11.5. The van der Waals surface area contributed by atoms with E-state index in [-0.39, 0.29) is 23.9 Å². The second kappa shape index (κ2) is 9.78. The van der Waals surface area contributed by atoms with Gasteiger partial charge in [-0.25, -0.2) is 8.42 Å². The summed E-state index contributed by atoms with van der Waals surface area (Å²) in [5.41, 5.74) is 3.82. The first-order chi connectivity index (χ1) is 17.5. The Hall–Kier alpha value is -4.25. The number of hydrogen-bond acceptors (Lipinski definition) is 4. The third-order valence-corrected chi connectivity index (χ3v) is 8.11. The van der Waals surface area contributed by atoms with Crippen molar-refractivity contribution < 1.29 is 13.2 Å². The zero-order valence-corrected chi connectivity index (χ0v) is 20.2. The molecule has 1 unspecified atom stereocenters. The lowest BCUT2D eigenvalue weighted by atomic mass is 9.96. The van der Waals surface area contributed by atoms with Gasteiger partial charge in [-0.1, -0.05) is 66.7 Å². The molecular formula is C29H23N3O3S. The monoisotopic (exact) mass is 493 g/mol. The number of para-hydroxylation sites is 1. The van der Waals surface area contributed by atoms with Crippen molar-refractivity contribution in [3.63, 3.8) is 0 Å². The molecule has 1 aliphatic heterocycles. The van der Waals surface area contributed by atoms with Crippen LogP contribution in [-0.4, -0.2) is 31.7 Å². The molecular weight excluding hydrogens is 470 g/mol. The predicted octanol–water partition coefficient (Wildman–Crippen LogP) is 5.00. The van der Waals surface area contributed by atoms with Crippen molar-refractivity contribution in [2.45, 2.75) is 10.9 Å². The number of hydrogen-bond donors (Lipinski definition) is 0. The molecule has 7 heteroatoms. The lowest BCUT2D eigenvalue weighted by molar-refractivity contribution is -0.120. The van der Waals surface area contributed by atoms with Crippen LogP contribution in [0.2, 0.25) is 0 Å². The molecule has 1 aliphatic rings. The lowest BCUT2D eigenvalue weighted by Crippen LogP contribution is -2.54. The average Bonchev–Trinajstić information content (AvgIpc) is 2.93. The molecule has 178 valence electrons. The maximum Gasteiger partial charge on any atom is 0.243 e. The third kappa shape index (κ3) is 4.52. The quantitative estimate of drug-likeness (QED) is 0.392. The molecule has 0 saturated carbocycles. The van der Waals surface area contributed by atoms with Gasteiger partial charge in [0.15, 0.2) is 0 Å². The summed E-state index contributed by atoms with van der Waals surface area (Å²) < 4.78 is 28.1. The van der Waals surface area contributed by atoms with Crippen molar-refractivity contribution in [2.24, 2.45) is 0 Å². The summed E-state index contributed by atoms with van der Waals surface area (Å²) in [7, 11) is -3.86. The SMILES string of the molecule is N#Cc1cccc(-c2cccc(C3CN(S(=O)(=O)c4ccccc4)CC(=O)N3c3ccccc3)c2)c1. The molecule has 6 nitrogen and oxygen atoms in total. The van der Waals surface area contributed by atoms with Crippen LogP contribution >= 0.6 is 0 Å². The van der Waals surface area contributed by atoms with Gasteiger partial charge in [0, 0.05) is 12.2 Å². The molecule has 1 fully saturated rings. The molecule has 5 rings (SSSR count). The van der Waals surface area contributed by atoms with Crippen LogP contribution in [0.15, 0.2) is 114 Å².